The molecule has 0 fully saturated rings. The van der Waals surface area contributed by atoms with Crippen molar-refractivity contribution in [3.05, 3.63) is 142 Å². The summed E-state index contributed by atoms with van der Waals surface area (Å²) in [5.74, 6) is -3.34. The minimum absolute atomic E-state index is 0.0758. The Balaban J connectivity index is 1.98. The van der Waals surface area contributed by atoms with Crippen molar-refractivity contribution in [1.82, 2.24) is 0 Å². The number of halogens is 6. The second kappa shape index (κ2) is 11.1. The lowest BCUT2D eigenvalue weighted by Gasteiger charge is -2.26. The molecule has 2 unspecified atom stereocenters. The van der Waals surface area contributed by atoms with Crippen LogP contribution < -0.4 is 0 Å². The van der Waals surface area contributed by atoms with E-state index in [1.807, 2.05) is 0 Å². The molecule has 0 aromatic heterocycles. The number of hydrogen-bond acceptors (Lipinski definition) is 3. The van der Waals surface area contributed by atoms with E-state index in [4.69, 9.17) is 0 Å². The number of carbonyl (C=O) groups excluding carboxylic acids is 1. The van der Waals surface area contributed by atoms with Gasteiger partial charge in [-0.05, 0) is 46.5 Å². The van der Waals surface area contributed by atoms with Gasteiger partial charge in [-0.15, -0.1) is 0 Å². The summed E-state index contributed by atoms with van der Waals surface area (Å²) in [6, 6.07) is 24.7. The van der Waals surface area contributed by atoms with Gasteiger partial charge in [-0.3, -0.25) is 4.79 Å². The number of rotatable bonds is 6. The average Bonchev–Trinajstić information content (AvgIpc) is 2.93. The van der Waals surface area contributed by atoms with Crippen LogP contribution in [0.5, 0.6) is 0 Å². The van der Waals surface area contributed by atoms with E-state index in [1.165, 1.54) is 48.5 Å². The van der Waals surface area contributed by atoms with Crippen molar-refractivity contribution in [2.75, 3.05) is 0 Å². The fourth-order valence-corrected chi connectivity index (χ4v) is 4.65. The Labute approximate surface area is 225 Å². The lowest BCUT2D eigenvalue weighted by molar-refractivity contribution is -0.138. The van der Waals surface area contributed by atoms with Crippen LogP contribution in [-0.2, 0) is 17.1 Å². The molecule has 0 amide bonds. The molecular weight excluding hydrogens is 530 g/mol. The van der Waals surface area contributed by atoms with Gasteiger partial charge < -0.3 is 0 Å². The Hall–Kier alpha value is -4.89. The van der Waals surface area contributed by atoms with Gasteiger partial charge >= 0.3 is 12.4 Å². The van der Waals surface area contributed by atoms with Gasteiger partial charge in [-0.1, -0.05) is 72.8 Å². The molecule has 0 bridgehead atoms. The zero-order valence-electron chi connectivity index (χ0n) is 20.5. The maximum atomic E-state index is 14.4. The second-order valence-electron chi connectivity index (χ2n) is 8.92. The van der Waals surface area contributed by atoms with Gasteiger partial charge in [-0.2, -0.15) is 36.9 Å². The monoisotopic (exact) mass is 548 g/mol. The van der Waals surface area contributed by atoms with Crippen LogP contribution in [-0.4, -0.2) is 5.78 Å². The molecule has 3 nitrogen and oxygen atoms in total. The van der Waals surface area contributed by atoms with Gasteiger partial charge in [0.25, 0.3) is 0 Å². The standard InChI is InChI=1S/C31H18F6N2O/c32-30(33,34)25-15-21(11-13-23(25)17-38)27(19-7-3-1-4-8-19)29(40)28(20-9-5-2-6-10-20)22-12-14-24(18-39)26(16-22)31(35,36)37/h1-16,27-28H. The van der Waals surface area contributed by atoms with Crippen molar-refractivity contribution in [3.8, 4) is 12.1 Å². The number of Topliss-reactive ketones (excluding diaryl/α,β-unsaturated/α-hetero) is 1. The number of nitrogens with zero attached hydrogens (tertiary/aromatic N) is 2. The highest BCUT2D eigenvalue weighted by Crippen LogP contribution is 2.41. The van der Waals surface area contributed by atoms with Crippen molar-refractivity contribution in [2.24, 2.45) is 0 Å². The first-order chi connectivity index (χ1) is 19.0. The number of ketones is 1. The molecular formula is C31H18F6N2O. The first-order valence-electron chi connectivity index (χ1n) is 11.8. The first-order valence-corrected chi connectivity index (χ1v) is 11.8. The molecule has 0 saturated carbocycles. The maximum absolute atomic E-state index is 14.4. The molecule has 0 N–H and O–H groups in total. The van der Waals surface area contributed by atoms with Crippen molar-refractivity contribution in [2.45, 2.75) is 24.2 Å². The first kappa shape index (κ1) is 28.1. The number of alkyl halides is 6. The highest BCUT2D eigenvalue weighted by atomic mass is 19.4. The molecule has 4 aromatic rings. The van der Waals surface area contributed by atoms with Gasteiger partial charge in [0.05, 0.1) is 46.2 Å². The molecule has 0 aliphatic rings. The molecule has 200 valence electrons. The average molecular weight is 548 g/mol. The van der Waals surface area contributed by atoms with E-state index in [2.05, 4.69) is 0 Å². The minimum Gasteiger partial charge on any atom is -0.298 e. The summed E-state index contributed by atoms with van der Waals surface area (Å²) in [5, 5.41) is 18.5. The largest absolute Gasteiger partial charge is 0.417 e. The van der Waals surface area contributed by atoms with Crippen molar-refractivity contribution in [3.63, 3.8) is 0 Å². The predicted molar refractivity (Wildman–Crippen MR) is 134 cm³/mol. The lowest BCUT2D eigenvalue weighted by Crippen LogP contribution is -2.24. The molecule has 2 atom stereocenters. The fraction of sp³-hybridized carbons (Fsp3) is 0.129. The third-order valence-electron chi connectivity index (χ3n) is 6.44. The van der Waals surface area contributed by atoms with Crippen LogP contribution in [0, 0.1) is 22.7 Å². The topological polar surface area (TPSA) is 64.7 Å². The zero-order chi connectivity index (χ0) is 29.1. The Bertz CT molecular complexity index is 1490. The molecule has 4 rings (SSSR count). The van der Waals surface area contributed by atoms with Crippen LogP contribution in [0.15, 0.2) is 97.1 Å². The number of benzene rings is 4. The summed E-state index contributed by atoms with van der Waals surface area (Å²) in [6.45, 7) is 0. The Morgan fingerprint density at radius 2 is 0.900 bits per heavy atom. The van der Waals surface area contributed by atoms with Crippen LogP contribution >= 0.6 is 0 Å². The number of nitriles is 2. The summed E-state index contributed by atoms with van der Waals surface area (Å²) in [4.78, 5) is 14.4. The van der Waals surface area contributed by atoms with Gasteiger partial charge in [0.1, 0.15) is 0 Å². The van der Waals surface area contributed by atoms with Crippen LogP contribution in [0.1, 0.15) is 56.3 Å². The van der Waals surface area contributed by atoms with Crippen molar-refractivity contribution >= 4 is 5.78 Å². The second-order valence-corrected chi connectivity index (χ2v) is 8.92. The van der Waals surface area contributed by atoms with Crippen LogP contribution in [0.2, 0.25) is 0 Å². The summed E-state index contributed by atoms with van der Waals surface area (Å²) in [6.07, 6.45) is -9.78. The molecule has 0 saturated heterocycles. The van der Waals surface area contributed by atoms with E-state index in [0.29, 0.717) is 11.1 Å². The van der Waals surface area contributed by atoms with E-state index in [-0.39, 0.29) is 11.1 Å². The van der Waals surface area contributed by atoms with Crippen LogP contribution in [0.25, 0.3) is 0 Å². The van der Waals surface area contributed by atoms with E-state index in [0.717, 1.165) is 24.3 Å². The molecule has 0 heterocycles. The zero-order valence-corrected chi connectivity index (χ0v) is 20.5. The third-order valence-corrected chi connectivity index (χ3v) is 6.44. The summed E-state index contributed by atoms with van der Waals surface area (Å²) in [5.41, 5.74) is -3.23. The van der Waals surface area contributed by atoms with E-state index >= 15 is 0 Å². The Kier molecular flexibility index (Phi) is 7.79. The summed E-state index contributed by atoms with van der Waals surface area (Å²) >= 11 is 0. The molecule has 0 aliphatic carbocycles. The SMILES string of the molecule is N#Cc1ccc(C(C(=O)C(c2ccccc2)c2ccc(C#N)c(C(F)(F)F)c2)c2ccccc2)cc1C(F)(F)F. The highest BCUT2D eigenvalue weighted by molar-refractivity contribution is 5.97. The minimum atomic E-state index is -4.89. The third kappa shape index (κ3) is 5.74. The smallest absolute Gasteiger partial charge is 0.298 e. The molecule has 0 radical (unpaired) electrons. The van der Waals surface area contributed by atoms with Gasteiger partial charge in [-0.25, -0.2) is 0 Å². The summed E-state index contributed by atoms with van der Waals surface area (Å²) < 4.78 is 83.0. The molecule has 4 aromatic carbocycles. The van der Waals surface area contributed by atoms with Crippen molar-refractivity contribution in [1.29, 1.82) is 10.5 Å². The lowest BCUT2D eigenvalue weighted by atomic mass is 9.76. The van der Waals surface area contributed by atoms with Crippen LogP contribution in [0.3, 0.4) is 0 Å². The Morgan fingerprint density at radius 3 is 1.20 bits per heavy atom. The van der Waals surface area contributed by atoms with Crippen molar-refractivity contribution < 1.29 is 31.1 Å². The van der Waals surface area contributed by atoms with E-state index in [9.17, 15) is 41.7 Å². The molecule has 0 aliphatic heterocycles. The fourth-order valence-electron chi connectivity index (χ4n) is 4.65. The molecule has 9 heteroatoms. The maximum Gasteiger partial charge on any atom is 0.417 e. The Morgan fingerprint density at radius 1 is 0.550 bits per heavy atom. The predicted octanol–water partition coefficient (Wildman–Crippen LogP) is 8.00. The van der Waals surface area contributed by atoms with Gasteiger partial charge in [0.15, 0.2) is 5.78 Å². The molecule has 40 heavy (non-hydrogen) atoms. The number of hydrogen-bond donors (Lipinski definition) is 0. The van der Waals surface area contributed by atoms with Crippen LogP contribution in [0.4, 0.5) is 26.3 Å². The van der Waals surface area contributed by atoms with E-state index in [1.54, 1.807) is 36.4 Å². The highest BCUT2D eigenvalue weighted by Gasteiger charge is 2.39. The van der Waals surface area contributed by atoms with E-state index < -0.39 is 52.2 Å². The quantitative estimate of drug-likeness (QED) is 0.229. The van der Waals surface area contributed by atoms with Gasteiger partial charge in [0, 0.05) is 0 Å². The normalized spacial score (nSPS) is 13.1. The van der Waals surface area contributed by atoms with Gasteiger partial charge in [0.2, 0.25) is 0 Å². The summed E-state index contributed by atoms with van der Waals surface area (Å²) in [7, 11) is 0. The number of carbonyl (C=O) groups is 1. The molecule has 0 spiro atoms.